The molecular formula is C23H23FN4O4. The van der Waals surface area contributed by atoms with Gasteiger partial charge in [0.15, 0.2) is 0 Å². The lowest BCUT2D eigenvalue weighted by atomic mass is 10.1. The molecule has 1 heterocycles. The smallest absolute Gasteiger partial charge is 0.412 e. The van der Waals surface area contributed by atoms with E-state index in [1.807, 2.05) is 0 Å². The second kappa shape index (κ2) is 9.34. The van der Waals surface area contributed by atoms with Crippen LogP contribution in [0, 0.1) is 5.82 Å². The molecule has 0 unspecified atom stereocenters. The highest BCUT2D eigenvalue weighted by molar-refractivity contribution is 6.04. The summed E-state index contributed by atoms with van der Waals surface area (Å²) in [7, 11) is 0. The number of carbonyl (C=O) groups excluding carboxylic acids is 2. The number of ether oxygens (including phenoxy) is 2. The molecule has 2 aromatic carbocycles. The van der Waals surface area contributed by atoms with Crippen LogP contribution in [0.1, 0.15) is 31.1 Å². The normalized spacial score (nSPS) is 10.9. The van der Waals surface area contributed by atoms with Gasteiger partial charge in [-0.3, -0.25) is 10.1 Å². The van der Waals surface area contributed by atoms with Crippen LogP contribution in [0.25, 0.3) is 0 Å². The summed E-state index contributed by atoms with van der Waals surface area (Å²) in [6.07, 6.45) is 0.454. The van der Waals surface area contributed by atoms with Crippen LogP contribution in [-0.2, 0) is 4.74 Å². The molecule has 0 radical (unpaired) electrons. The summed E-state index contributed by atoms with van der Waals surface area (Å²) in [4.78, 5) is 28.0. The van der Waals surface area contributed by atoms with Crippen molar-refractivity contribution in [2.45, 2.75) is 26.4 Å². The van der Waals surface area contributed by atoms with Gasteiger partial charge in [-0.25, -0.2) is 14.2 Å². The van der Waals surface area contributed by atoms with Gasteiger partial charge < -0.3 is 20.5 Å². The van der Waals surface area contributed by atoms with Crippen molar-refractivity contribution in [1.29, 1.82) is 0 Å². The molecule has 9 heteroatoms. The Bertz CT molecular complexity index is 1110. The van der Waals surface area contributed by atoms with Gasteiger partial charge >= 0.3 is 6.09 Å². The van der Waals surface area contributed by atoms with Crippen molar-refractivity contribution in [3.05, 3.63) is 72.2 Å². The number of pyridine rings is 1. The fraction of sp³-hybridized carbons (Fsp3) is 0.174. The number of aromatic nitrogens is 1. The highest BCUT2D eigenvalue weighted by atomic mass is 19.1. The third-order valence-corrected chi connectivity index (χ3v) is 3.97. The zero-order chi connectivity index (χ0) is 23.3. The average molecular weight is 438 g/mol. The Hall–Kier alpha value is -4.14. The number of carbonyl (C=O) groups is 2. The van der Waals surface area contributed by atoms with Gasteiger partial charge in [0.05, 0.1) is 11.9 Å². The average Bonchev–Trinajstić information content (AvgIpc) is 2.71. The van der Waals surface area contributed by atoms with E-state index in [0.29, 0.717) is 17.2 Å². The van der Waals surface area contributed by atoms with E-state index >= 15 is 0 Å². The molecule has 0 bridgehead atoms. The zero-order valence-corrected chi connectivity index (χ0v) is 17.8. The number of nitrogens with two attached hydrogens (primary N) is 1. The summed E-state index contributed by atoms with van der Waals surface area (Å²) < 4.78 is 23.9. The maximum Gasteiger partial charge on any atom is 0.412 e. The van der Waals surface area contributed by atoms with E-state index in [0.717, 1.165) is 6.20 Å². The molecule has 0 aliphatic rings. The number of nitrogen functional groups attached to an aromatic ring is 1. The number of nitrogens with one attached hydrogen (secondary N) is 2. The first-order valence-corrected chi connectivity index (χ1v) is 9.69. The number of hydrogen-bond donors (Lipinski definition) is 3. The molecule has 0 fully saturated rings. The Morgan fingerprint density at radius 2 is 1.72 bits per heavy atom. The summed E-state index contributed by atoms with van der Waals surface area (Å²) in [5, 5.41) is 5.19. The van der Waals surface area contributed by atoms with Crippen LogP contribution in [0.2, 0.25) is 0 Å². The van der Waals surface area contributed by atoms with Gasteiger partial charge in [0.25, 0.3) is 5.91 Å². The molecule has 3 rings (SSSR count). The van der Waals surface area contributed by atoms with Gasteiger partial charge in [-0.1, -0.05) is 0 Å². The van der Waals surface area contributed by atoms with Crippen LogP contribution in [0.3, 0.4) is 0 Å². The van der Waals surface area contributed by atoms with E-state index in [1.165, 1.54) is 18.2 Å². The SMILES string of the molecule is CC(C)(C)OC(=O)Nc1ccc(Oc2ccc(C(=O)Nc3ccc(F)cn3)cc2N)cc1. The molecule has 0 saturated heterocycles. The topological polar surface area (TPSA) is 116 Å². The molecule has 1 aromatic heterocycles. The zero-order valence-electron chi connectivity index (χ0n) is 17.8. The molecule has 2 amide bonds. The molecule has 0 aliphatic carbocycles. The minimum Gasteiger partial charge on any atom is -0.455 e. The lowest BCUT2D eigenvalue weighted by Gasteiger charge is -2.19. The van der Waals surface area contributed by atoms with Crippen molar-refractivity contribution in [3.63, 3.8) is 0 Å². The fourth-order valence-corrected chi connectivity index (χ4v) is 2.58. The molecule has 0 aliphatic heterocycles. The minimum absolute atomic E-state index is 0.218. The van der Waals surface area contributed by atoms with Crippen LogP contribution in [0.5, 0.6) is 11.5 Å². The highest BCUT2D eigenvalue weighted by Gasteiger charge is 2.16. The Kier molecular flexibility index (Phi) is 6.58. The number of benzene rings is 2. The summed E-state index contributed by atoms with van der Waals surface area (Å²) in [6, 6.07) is 13.8. The highest BCUT2D eigenvalue weighted by Crippen LogP contribution is 2.29. The quantitative estimate of drug-likeness (QED) is 0.472. The minimum atomic E-state index is -0.594. The van der Waals surface area contributed by atoms with E-state index in [-0.39, 0.29) is 17.1 Å². The van der Waals surface area contributed by atoms with Crippen molar-refractivity contribution < 1.29 is 23.5 Å². The van der Waals surface area contributed by atoms with Gasteiger partial charge in [0.1, 0.15) is 28.7 Å². The van der Waals surface area contributed by atoms with E-state index in [4.69, 9.17) is 15.2 Å². The first kappa shape index (κ1) is 22.5. The Labute approximate surface area is 184 Å². The van der Waals surface area contributed by atoms with Crippen LogP contribution in [0.15, 0.2) is 60.8 Å². The van der Waals surface area contributed by atoms with E-state index in [9.17, 15) is 14.0 Å². The summed E-state index contributed by atoms with van der Waals surface area (Å²) in [5.41, 5.74) is 6.52. The van der Waals surface area contributed by atoms with Gasteiger partial charge in [-0.05, 0) is 75.4 Å². The first-order valence-electron chi connectivity index (χ1n) is 9.69. The van der Waals surface area contributed by atoms with Crippen LogP contribution < -0.4 is 21.1 Å². The fourth-order valence-electron chi connectivity index (χ4n) is 2.58. The summed E-state index contributed by atoms with van der Waals surface area (Å²) in [6.45, 7) is 5.34. The van der Waals surface area contributed by atoms with Crippen LogP contribution >= 0.6 is 0 Å². The summed E-state index contributed by atoms with van der Waals surface area (Å²) >= 11 is 0. The third kappa shape index (κ3) is 6.43. The third-order valence-electron chi connectivity index (χ3n) is 3.97. The molecule has 8 nitrogen and oxygen atoms in total. The molecule has 166 valence electrons. The Balaban J connectivity index is 1.62. The van der Waals surface area contributed by atoms with Gasteiger partial charge in [0, 0.05) is 11.3 Å². The molecule has 0 atom stereocenters. The number of halogens is 1. The predicted molar refractivity (Wildman–Crippen MR) is 119 cm³/mol. The van der Waals surface area contributed by atoms with E-state index < -0.39 is 23.4 Å². The standard InChI is InChI=1S/C23H23FN4O4/c1-23(2,3)32-22(30)27-16-6-8-17(9-7-16)31-19-10-4-14(12-18(19)25)21(29)28-20-11-5-15(24)13-26-20/h4-13H,25H2,1-3H3,(H,27,30)(H,26,28,29). The van der Waals surface area contributed by atoms with E-state index in [2.05, 4.69) is 15.6 Å². The van der Waals surface area contributed by atoms with Gasteiger partial charge in [-0.2, -0.15) is 0 Å². The number of amides is 2. The molecular weight excluding hydrogens is 415 g/mol. The van der Waals surface area contributed by atoms with Crippen molar-refractivity contribution in [2.24, 2.45) is 0 Å². The monoisotopic (exact) mass is 438 g/mol. The number of anilines is 3. The van der Waals surface area contributed by atoms with Crippen LogP contribution in [-0.4, -0.2) is 22.6 Å². The predicted octanol–water partition coefficient (Wildman–Crippen LogP) is 5.19. The largest absolute Gasteiger partial charge is 0.455 e. The van der Waals surface area contributed by atoms with Gasteiger partial charge in [-0.15, -0.1) is 0 Å². The molecule has 0 saturated carbocycles. The second-order valence-corrected chi connectivity index (χ2v) is 7.82. The maximum atomic E-state index is 12.9. The van der Waals surface area contributed by atoms with Crippen LogP contribution in [0.4, 0.5) is 26.4 Å². The Morgan fingerprint density at radius 3 is 2.31 bits per heavy atom. The number of nitrogens with zero attached hydrogens (tertiary/aromatic N) is 1. The molecule has 32 heavy (non-hydrogen) atoms. The van der Waals surface area contributed by atoms with Crippen molar-refractivity contribution in [1.82, 2.24) is 4.98 Å². The van der Waals surface area contributed by atoms with E-state index in [1.54, 1.807) is 57.2 Å². The number of hydrogen-bond acceptors (Lipinski definition) is 6. The second-order valence-electron chi connectivity index (χ2n) is 7.82. The lowest BCUT2D eigenvalue weighted by molar-refractivity contribution is 0.0635. The Morgan fingerprint density at radius 1 is 1.00 bits per heavy atom. The van der Waals surface area contributed by atoms with Gasteiger partial charge in [0.2, 0.25) is 0 Å². The molecule has 0 spiro atoms. The van der Waals surface area contributed by atoms with Crippen molar-refractivity contribution in [2.75, 3.05) is 16.4 Å². The lowest BCUT2D eigenvalue weighted by Crippen LogP contribution is -2.27. The molecule has 4 N–H and O–H groups in total. The number of rotatable bonds is 5. The van der Waals surface area contributed by atoms with Crippen molar-refractivity contribution in [3.8, 4) is 11.5 Å². The maximum absolute atomic E-state index is 12.9. The summed E-state index contributed by atoms with van der Waals surface area (Å²) in [5.74, 6) is 0.117. The first-order chi connectivity index (χ1) is 15.1. The molecule has 3 aromatic rings. The van der Waals surface area contributed by atoms with Crippen molar-refractivity contribution >= 4 is 29.2 Å².